The highest BCUT2D eigenvalue weighted by Crippen LogP contribution is 2.45. The summed E-state index contributed by atoms with van der Waals surface area (Å²) in [5.41, 5.74) is 9.08. The second kappa shape index (κ2) is 13.3. The van der Waals surface area contributed by atoms with Crippen LogP contribution in [0.5, 0.6) is 0 Å². The first-order valence-electron chi connectivity index (χ1n) is 15.9. The topological polar surface area (TPSA) is 120 Å². The Morgan fingerprint density at radius 2 is 1.78 bits per heavy atom. The third kappa shape index (κ3) is 6.62. The molecule has 3 amide bonds. The summed E-state index contributed by atoms with van der Waals surface area (Å²) < 4.78 is 6.03. The van der Waals surface area contributed by atoms with Gasteiger partial charge in [-0.1, -0.05) is 35.7 Å². The molecular formula is C34H41ClN6O4. The first kappa shape index (κ1) is 31.2. The summed E-state index contributed by atoms with van der Waals surface area (Å²) in [6.45, 7) is 6.05. The van der Waals surface area contributed by atoms with Gasteiger partial charge in [0.2, 0.25) is 5.91 Å². The number of nitrogens with two attached hydrogens (primary N) is 1. The number of nitrogens with one attached hydrogen (secondary N) is 2. The van der Waals surface area contributed by atoms with Crippen LogP contribution in [-0.4, -0.2) is 97.1 Å². The van der Waals surface area contributed by atoms with Gasteiger partial charge < -0.3 is 30.9 Å². The number of nitrogens with zero attached hydrogens (tertiary/aromatic N) is 3. The first-order valence-corrected chi connectivity index (χ1v) is 16.3. The summed E-state index contributed by atoms with van der Waals surface area (Å²) >= 11 is 6.37. The Labute approximate surface area is 269 Å². The van der Waals surface area contributed by atoms with Gasteiger partial charge in [-0.05, 0) is 55.0 Å². The molecule has 2 aromatic carbocycles. The number of halogens is 1. The van der Waals surface area contributed by atoms with Crippen molar-refractivity contribution >= 4 is 40.9 Å². The standard InChI is InChI=1S/C34H41ClN6O4/c1-2-24-19-23(20-27(35)31(24)36)21-29(32(43)40-13-7-25(8-14-40)39-17-11-37-12-18-39)45-33(44)41-15-9-34(10-16-41)22-30(42)38-28-6-4-3-5-26(28)34/h1,3-6,19-20,25,29,37H,7-18,21-22,36H2,(H,38,42)/t29-/m1/s1. The smallest absolute Gasteiger partial charge is 0.410 e. The average Bonchev–Trinajstić information content (AvgIpc) is 3.06. The van der Waals surface area contributed by atoms with Gasteiger partial charge in [0, 0.05) is 87.9 Å². The monoisotopic (exact) mass is 632 g/mol. The number of anilines is 2. The lowest BCUT2D eigenvalue weighted by Gasteiger charge is -2.44. The number of piperazine rings is 1. The fraction of sp³-hybridized carbons (Fsp3) is 0.500. The van der Waals surface area contributed by atoms with Gasteiger partial charge in [0.15, 0.2) is 6.10 Å². The van der Waals surface area contributed by atoms with Gasteiger partial charge in [-0.25, -0.2) is 4.79 Å². The molecule has 0 radical (unpaired) electrons. The Morgan fingerprint density at radius 3 is 2.49 bits per heavy atom. The molecule has 0 aliphatic carbocycles. The lowest BCUT2D eigenvalue weighted by atomic mass is 9.68. The highest BCUT2D eigenvalue weighted by atomic mass is 35.5. The number of likely N-dealkylation sites (tertiary alicyclic amines) is 2. The molecule has 2 aromatic rings. The van der Waals surface area contributed by atoms with Crippen molar-refractivity contribution in [1.29, 1.82) is 0 Å². The summed E-state index contributed by atoms with van der Waals surface area (Å²) in [4.78, 5) is 46.2. The van der Waals surface area contributed by atoms with E-state index in [0.29, 0.717) is 73.3 Å². The molecule has 4 aliphatic rings. The summed E-state index contributed by atoms with van der Waals surface area (Å²) in [6.07, 6.45) is 7.60. The number of piperidine rings is 2. The number of nitrogen functional groups attached to an aromatic ring is 1. The van der Waals surface area contributed by atoms with Crippen molar-refractivity contribution < 1.29 is 19.1 Å². The third-order valence-electron chi connectivity index (χ3n) is 9.98. The van der Waals surface area contributed by atoms with Crippen LogP contribution in [0.1, 0.15) is 48.8 Å². The van der Waals surface area contributed by atoms with E-state index in [1.807, 2.05) is 23.1 Å². The van der Waals surface area contributed by atoms with E-state index in [-0.39, 0.29) is 23.7 Å². The van der Waals surface area contributed by atoms with Crippen LogP contribution in [-0.2, 0) is 26.2 Å². The lowest BCUT2D eigenvalue weighted by molar-refractivity contribution is -0.142. The van der Waals surface area contributed by atoms with Crippen LogP contribution in [0.15, 0.2) is 36.4 Å². The molecule has 238 valence electrons. The van der Waals surface area contributed by atoms with Gasteiger partial charge in [0.05, 0.1) is 10.7 Å². The normalized spacial score (nSPS) is 21.0. The van der Waals surface area contributed by atoms with Crippen molar-refractivity contribution in [3.8, 4) is 12.3 Å². The van der Waals surface area contributed by atoms with E-state index in [2.05, 4.69) is 27.5 Å². The number of ether oxygens (including phenoxy) is 1. The third-order valence-corrected chi connectivity index (χ3v) is 10.3. The minimum atomic E-state index is -1.05. The maximum Gasteiger partial charge on any atom is 0.410 e. The summed E-state index contributed by atoms with van der Waals surface area (Å²) in [6, 6.07) is 11.7. The molecule has 0 unspecified atom stereocenters. The van der Waals surface area contributed by atoms with Crippen molar-refractivity contribution in [1.82, 2.24) is 20.0 Å². The Bertz CT molecular complexity index is 1490. The van der Waals surface area contributed by atoms with Crippen molar-refractivity contribution in [3.05, 3.63) is 58.1 Å². The Hall–Kier alpha value is -3.78. The van der Waals surface area contributed by atoms with Crippen LogP contribution in [0.2, 0.25) is 5.02 Å². The number of carbonyl (C=O) groups excluding carboxylic acids is 3. The zero-order valence-corrected chi connectivity index (χ0v) is 26.3. The second-order valence-corrected chi connectivity index (χ2v) is 13.0. The number of hydrogen-bond acceptors (Lipinski definition) is 7. The molecule has 4 N–H and O–H groups in total. The Morgan fingerprint density at radius 1 is 1.07 bits per heavy atom. The van der Waals surface area contributed by atoms with E-state index in [1.54, 1.807) is 17.0 Å². The summed E-state index contributed by atoms with van der Waals surface area (Å²) in [5, 5.41) is 6.67. The van der Waals surface area contributed by atoms with Crippen LogP contribution < -0.4 is 16.4 Å². The van der Waals surface area contributed by atoms with Crippen LogP contribution >= 0.6 is 11.6 Å². The number of para-hydroxylation sites is 1. The highest BCUT2D eigenvalue weighted by Gasteiger charge is 2.44. The lowest BCUT2D eigenvalue weighted by Crippen LogP contribution is -2.54. The zero-order valence-electron chi connectivity index (χ0n) is 25.5. The molecule has 1 atom stereocenters. The quantitative estimate of drug-likeness (QED) is 0.342. The summed E-state index contributed by atoms with van der Waals surface area (Å²) in [7, 11) is 0. The van der Waals surface area contributed by atoms with Gasteiger partial charge in [-0.3, -0.25) is 14.5 Å². The average molecular weight is 633 g/mol. The number of carbonyl (C=O) groups is 3. The van der Waals surface area contributed by atoms with E-state index in [0.717, 1.165) is 50.3 Å². The number of terminal acetylenes is 1. The molecule has 0 saturated carbocycles. The molecule has 3 fully saturated rings. The van der Waals surface area contributed by atoms with E-state index < -0.39 is 12.2 Å². The molecule has 0 aromatic heterocycles. The minimum absolute atomic E-state index is 0.00962. The number of hydrogen-bond donors (Lipinski definition) is 3. The van der Waals surface area contributed by atoms with Crippen molar-refractivity contribution in [2.75, 3.05) is 63.4 Å². The SMILES string of the molecule is C#Cc1cc(C[C@@H](OC(=O)N2CCC3(CC2)CC(=O)Nc2ccccc23)C(=O)N2CCC(N3CCNCC3)CC2)cc(Cl)c1N. The number of benzene rings is 2. The zero-order chi connectivity index (χ0) is 31.6. The van der Waals surface area contributed by atoms with Crippen LogP contribution in [0.3, 0.4) is 0 Å². The Balaban J connectivity index is 1.16. The molecule has 3 saturated heterocycles. The minimum Gasteiger partial charge on any atom is -0.436 e. The van der Waals surface area contributed by atoms with Crippen LogP contribution in [0.25, 0.3) is 0 Å². The molecule has 4 aliphatic heterocycles. The van der Waals surface area contributed by atoms with Crippen molar-refractivity contribution in [2.24, 2.45) is 0 Å². The van der Waals surface area contributed by atoms with Gasteiger partial charge in [0.25, 0.3) is 5.91 Å². The van der Waals surface area contributed by atoms with Gasteiger partial charge in [-0.2, -0.15) is 0 Å². The van der Waals surface area contributed by atoms with E-state index in [1.165, 1.54) is 0 Å². The van der Waals surface area contributed by atoms with E-state index >= 15 is 0 Å². The van der Waals surface area contributed by atoms with Crippen molar-refractivity contribution in [3.63, 3.8) is 0 Å². The van der Waals surface area contributed by atoms with Gasteiger partial charge in [0.1, 0.15) is 0 Å². The summed E-state index contributed by atoms with van der Waals surface area (Å²) in [5.74, 6) is 2.32. The number of amides is 3. The van der Waals surface area contributed by atoms with Crippen molar-refractivity contribution in [2.45, 2.75) is 56.1 Å². The largest absolute Gasteiger partial charge is 0.436 e. The molecule has 10 nitrogen and oxygen atoms in total. The Kier molecular flexibility index (Phi) is 9.22. The molecule has 6 rings (SSSR count). The van der Waals surface area contributed by atoms with Crippen LogP contribution in [0.4, 0.5) is 16.2 Å². The molecule has 45 heavy (non-hydrogen) atoms. The molecular weight excluding hydrogens is 592 g/mol. The fourth-order valence-corrected chi connectivity index (χ4v) is 7.66. The molecule has 0 bridgehead atoms. The van der Waals surface area contributed by atoms with Gasteiger partial charge in [-0.15, -0.1) is 6.42 Å². The highest BCUT2D eigenvalue weighted by molar-refractivity contribution is 6.33. The van der Waals surface area contributed by atoms with E-state index in [9.17, 15) is 14.4 Å². The maximum atomic E-state index is 14.0. The predicted octanol–water partition coefficient (Wildman–Crippen LogP) is 3.22. The maximum absolute atomic E-state index is 14.0. The van der Waals surface area contributed by atoms with Crippen LogP contribution in [0, 0.1) is 12.3 Å². The van der Waals surface area contributed by atoms with E-state index in [4.69, 9.17) is 28.5 Å². The molecule has 4 heterocycles. The molecule has 1 spiro atoms. The molecule has 11 heteroatoms. The predicted molar refractivity (Wildman–Crippen MR) is 174 cm³/mol. The second-order valence-electron chi connectivity index (χ2n) is 12.6. The first-order chi connectivity index (χ1) is 21.8. The number of rotatable bonds is 5. The number of fused-ring (bicyclic) bond motifs is 2. The van der Waals surface area contributed by atoms with Gasteiger partial charge >= 0.3 is 6.09 Å². The fourth-order valence-electron chi connectivity index (χ4n) is 7.42.